The number of para-hydroxylation sites is 2. The largest absolute Gasteiger partial charge is 0.482 e. The van der Waals surface area contributed by atoms with Crippen LogP contribution in [-0.2, 0) is 16.1 Å². The van der Waals surface area contributed by atoms with E-state index in [0.717, 1.165) is 11.3 Å². The van der Waals surface area contributed by atoms with Crippen molar-refractivity contribution in [3.05, 3.63) is 59.9 Å². The fraction of sp³-hybridized carbons (Fsp3) is 0.304. The second-order valence-corrected chi connectivity index (χ2v) is 8.43. The Bertz CT molecular complexity index is 1130. The first-order valence-corrected chi connectivity index (χ1v) is 11.4. The highest BCUT2D eigenvalue weighted by molar-refractivity contribution is 7.99. The van der Waals surface area contributed by atoms with Gasteiger partial charge in [0.2, 0.25) is 5.91 Å². The molecule has 2 amide bonds. The number of nitrogens with one attached hydrogen (secondary N) is 1. The lowest BCUT2D eigenvalue weighted by molar-refractivity contribution is -0.121. The van der Waals surface area contributed by atoms with Gasteiger partial charge in [-0.1, -0.05) is 41.6 Å². The maximum Gasteiger partial charge on any atom is 0.265 e. The minimum atomic E-state index is -0.337. The lowest BCUT2D eigenvalue weighted by Crippen LogP contribution is -2.41. The molecule has 2 heterocycles. The first kappa shape index (κ1) is 21.9. The normalized spacial score (nSPS) is 14.0. The van der Waals surface area contributed by atoms with Crippen molar-refractivity contribution >= 4 is 35.0 Å². The summed E-state index contributed by atoms with van der Waals surface area (Å²) in [4.78, 5) is 26.8. The third kappa shape index (κ3) is 4.47. The van der Waals surface area contributed by atoms with Crippen molar-refractivity contribution in [1.82, 2.24) is 14.8 Å². The quantitative estimate of drug-likeness (QED) is 0.549. The summed E-state index contributed by atoms with van der Waals surface area (Å²) in [6.07, 6.45) is 0. The fourth-order valence-electron chi connectivity index (χ4n) is 3.64. The van der Waals surface area contributed by atoms with Gasteiger partial charge in [-0.2, -0.15) is 0 Å². The van der Waals surface area contributed by atoms with Gasteiger partial charge in [-0.3, -0.25) is 14.5 Å². The first-order chi connectivity index (χ1) is 15.5. The fourth-order valence-corrected chi connectivity index (χ4v) is 4.45. The molecular weight excluding hydrogens is 426 g/mol. The van der Waals surface area contributed by atoms with Crippen molar-refractivity contribution in [3.8, 4) is 5.75 Å². The summed E-state index contributed by atoms with van der Waals surface area (Å²) in [6, 6.07) is 14.8. The zero-order chi connectivity index (χ0) is 22.7. The Balaban J connectivity index is 1.49. The molecule has 1 N–H and O–H groups in total. The molecule has 0 radical (unpaired) electrons. The van der Waals surface area contributed by atoms with Crippen LogP contribution in [0.4, 0.5) is 11.4 Å². The monoisotopic (exact) mass is 451 g/mol. The average molecular weight is 452 g/mol. The van der Waals surface area contributed by atoms with Gasteiger partial charge in [-0.15, -0.1) is 10.2 Å². The number of amides is 2. The van der Waals surface area contributed by atoms with Crippen LogP contribution >= 0.6 is 11.8 Å². The predicted molar refractivity (Wildman–Crippen MR) is 124 cm³/mol. The third-order valence-electron chi connectivity index (χ3n) is 5.23. The highest BCUT2D eigenvalue weighted by atomic mass is 32.2. The smallest absolute Gasteiger partial charge is 0.265 e. The summed E-state index contributed by atoms with van der Waals surface area (Å²) in [7, 11) is 0. The Morgan fingerprint density at radius 1 is 1.19 bits per heavy atom. The number of carbonyl (C=O) groups excluding carboxylic acids is 2. The molecule has 2 aromatic carbocycles. The lowest BCUT2D eigenvalue weighted by Gasteiger charge is -2.33. The number of rotatable bonds is 7. The Kier molecular flexibility index (Phi) is 6.45. The summed E-state index contributed by atoms with van der Waals surface area (Å²) in [5.41, 5.74) is 2.61. The van der Waals surface area contributed by atoms with Gasteiger partial charge in [0.05, 0.1) is 17.5 Å². The molecule has 0 aliphatic carbocycles. The van der Waals surface area contributed by atoms with Gasteiger partial charge in [0.25, 0.3) is 5.91 Å². The molecule has 0 fully saturated rings. The van der Waals surface area contributed by atoms with Crippen molar-refractivity contribution < 1.29 is 14.3 Å². The van der Waals surface area contributed by atoms with Gasteiger partial charge in [-0.05, 0) is 45.0 Å². The molecule has 32 heavy (non-hydrogen) atoms. The Morgan fingerprint density at radius 3 is 2.69 bits per heavy atom. The van der Waals surface area contributed by atoms with E-state index in [4.69, 9.17) is 4.74 Å². The van der Waals surface area contributed by atoms with Crippen LogP contribution in [0.1, 0.15) is 31.3 Å². The molecular formula is C23H25N5O3S. The van der Waals surface area contributed by atoms with E-state index < -0.39 is 0 Å². The van der Waals surface area contributed by atoms with E-state index in [-0.39, 0.29) is 30.2 Å². The van der Waals surface area contributed by atoms with Gasteiger partial charge < -0.3 is 14.6 Å². The van der Waals surface area contributed by atoms with Gasteiger partial charge in [0.1, 0.15) is 5.75 Å². The molecule has 3 aromatic rings. The number of anilines is 2. The van der Waals surface area contributed by atoms with E-state index in [2.05, 4.69) is 15.5 Å². The summed E-state index contributed by atoms with van der Waals surface area (Å²) >= 11 is 1.32. The lowest BCUT2D eigenvalue weighted by atomic mass is 10.1. The highest BCUT2D eigenvalue weighted by Crippen LogP contribution is 2.37. The Morgan fingerprint density at radius 2 is 1.94 bits per heavy atom. The zero-order valence-electron chi connectivity index (χ0n) is 18.2. The van der Waals surface area contributed by atoms with Crippen molar-refractivity contribution in [2.45, 2.75) is 38.5 Å². The zero-order valence-corrected chi connectivity index (χ0v) is 19.1. The number of hydrogen-bond acceptors (Lipinski definition) is 6. The Hall–Kier alpha value is -3.33. The van der Waals surface area contributed by atoms with Crippen molar-refractivity contribution in [3.63, 3.8) is 0 Å². The maximum absolute atomic E-state index is 12.7. The number of carbonyl (C=O) groups is 2. The minimum Gasteiger partial charge on any atom is -0.482 e. The summed E-state index contributed by atoms with van der Waals surface area (Å²) < 4.78 is 7.50. The van der Waals surface area contributed by atoms with E-state index in [9.17, 15) is 9.59 Å². The van der Waals surface area contributed by atoms with Crippen molar-refractivity contribution in [1.29, 1.82) is 0 Å². The van der Waals surface area contributed by atoms with Crippen molar-refractivity contribution in [2.75, 3.05) is 22.6 Å². The number of thioether (sulfide) groups is 1. The molecule has 8 nitrogen and oxygen atoms in total. The molecule has 1 atom stereocenters. The number of aromatic nitrogens is 3. The molecule has 4 rings (SSSR count). The van der Waals surface area contributed by atoms with Crippen LogP contribution in [-0.4, -0.2) is 38.9 Å². The predicted octanol–water partition coefficient (Wildman–Crippen LogP) is 3.82. The first-order valence-electron chi connectivity index (χ1n) is 10.4. The Labute approximate surface area is 191 Å². The van der Waals surface area contributed by atoms with Gasteiger partial charge in [0.15, 0.2) is 17.6 Å². The molecule has 1 aromatic heterocycles. The second kappa shape index (κ2) is 9.44. The molecule has 1 aliphatic rings. The van der Waals surface area contributed by atoms with E-state index in [1.165, 1.54) is 11.8 Å². The number of aryl methyl sites for hydroxylation is 1. The van der Waals surface area contributed by atoms with E-state index in [1.54, 1.807) is 4.90 Å². The topological polar surface area (TPSA) is 89.4 Å². The van der Waals surface area contributed by atoms with Crippen LogP contribution in [0, 0.1) is 6.92 Å². The van der Waals surface area contributed by atoms with Crippen LogP contribution in [0.15, 0.2) is 53.7 Å². The van der Waals surface area contributed by atoms with E-state index in [1.807, 2.05) is 73.9 Å². The summed E-state index contributed by atoms with van der Waals surface area (Å²) in [5.74, 6) is 1.30. The SMILES string of the molecule is CCn1c(SCC(=O)Nc2ccc(C)cc2)nnc1[C@H](C)N1C(=O)COc2ccccc21. The molecule has 0 bridgehead atoms. The number of nitrogens with zero attached hydrogens (tertiary/aromatic N) is 4. The maximum atomic E-state index is 12.7. The van der Waals surface area contributed by atoms with Gasteiger partial charge >= 0.3 is 0 Å². The molecule has 0 saturated heterocycles. The van der Waals surface area contributed by atoms with Crippen LogP contribution < -0.4 is 15.0 Å². The number of benzene rings is 2. The average Bonchev–Trinajstić information content (AvgIpc) is 3.22. The molecule has 0 unspecified atom stereocenters. The molecule has 0 saturated carbocycles. The standard InChI is InChI=1S/C23H25N5O3S/c1-4-27-22(16(3)28-18-7-5-6-8-19(18)31-13-21(28)30)25-26-23(27)32-14-20(29)24-17-11-9-15(2)10-12-17/h5-12,16H,4,13-14H2,1-3H3,(H,24,29)/t16-/m0/s1. The minimum absolute atomic E-state index is 0.0115. The third-order valence-corrected chi connectivity index (χ3v) is 6.20. The second-order valence-electron chi connectivity index (χ2n) is 7.48. The number of ether oxygens (including phenoxy) is 1. The number of hydrogen-bond donors (Lipinski definition) is 1. The molecule has 0 spiro atoms. The van der Waals surface area contributed by atoms with Crippen LogP contribution in [0.2, 0.25) is 0 Å². The highest BCUT2D eigenvalue weighted by Gasteiger charge is 2.33. The van der Waals surface area contributed by atoms with Crippen molar-refractivity contribution in [2.24, 2.45) is 0 Å². The van der Waals surface area contributed by atoms with Crippen LogP contribution in [0.3, 0.4) is 0 Å². The van der Waals surface area contributed by atoms with E-state index in [0.29, 0.717) is 29.0 Å². The number of fused-ring (bicyclic) bond motifs is 1. The van der Waals surface area contributed by atoms with Gasteiger partial charge in [0, 0.05) is 12.2 Å². The molecule has 1 aliphatic heterocycles. The van der Waals surface area contributed by atoms with Crippen LogP contribution in [0.25, 0.3) is 0 Å². The molecule has 9 heteroatoms. The summed E-state index contributed by atoms with van der Waals surface area (Å²) in [6.45, 7) is 6.53. The van der Waals surface area contributed by atoms with Gasteiger partial charge in [-0.25, -0.2) is 0 Å². The van der Waals surface area contributed by atoms with Crippen LogP contribution in [0.5, 0.6) is 5.75 Å². The summed E-state index contributed by atoms with van der Waals surface area (Å²) in [5, 5.41) is 12.2. The van der Waals surface area contributed by atoms with E-state index >= 15 is 0 Å². The molecule has 166 valence electrons.